The molecule has 0 radical (unpaired) electrons. The molecule has 1 aromatic rings. The molecular formula is C13H19FN2. The van der Waals surface area contributed by atoms with Gasteiger partial charge in [0.1, 0.15) is 5.82 Å². The molecule has 1 fully saturated rings. The minimum absolute atomic E-state index is 0.181. The molecule has 0 saturated heterocycles. The number of aromatic nitrogens is 1. The maximum atomic E-state index is 14.0. The number of nitrogens with two attached hydrogens (primary N) is 1. The van der Waals surface area contributed by atoms with Crippen molar-refractivity contribution in [3.8, 4) is 0 Å². The van der Waals surface area contributed by atoms with E-state index in [0.29, 0.717) is 18.2 Å². The van der Waals surface area contributed by atoms with Crippen LogP contribution in [-0.4, -0.2) is 11.5 Å². The third-order valence-electron chi connectivity index (χ3n) is 3.73. The van der Waals surface area contributed by atoms with Crippen LogP contribution < -0.4 is 5.73 Å². The normalized spacial score (nSPS) is 18.6. The minimum atomic E-state index is -0.184. The van der Waals surface area contributed by atoms with Gasteiger partial charge in [-0.15, -0.1) is 0 Å². The highest BCUT2D eigenvalue weighted by Gasteiger charge is 2.40. The predicted molar refractivity (Wildman–Crippen MR) is 62.9 cm³/mol. The van der Waals surface area contributed by atoms with E-state index in [2.05, 4.69) is 4.98 Å². The van der Waals surface area contributed by atoms with Gasteiger partial charge in [-0.3, -0.25) is 4.98 Å². The Morgan fingerprint density at radius 2 is 2.19 bits per heavy atom. The number of hydrogen-bond donors (Lipinski definition) is 1. The smallest absolute Gasteiger partial charge is 0.145 e. The monoisotopic (exact) mass is 222 g/mol. The first-order valence-corrected chi connectivity index (χ1v) is 5.95. The van der Waals surface area contributed by atoms with Crippen LogP contribution in [0.5, 0.6) is 0 Å². The maximum Gasteiger partial charge on any atom is 0.145 e. The number of pyridine rings is 1. The zero-order valence-electron chi connectivity index (χ0n) is 9.96. The number of hydrogen-bond acceptors (Lipinski definition) is 2. The first kappa shape index (κ1) is 11.5. The second-order valence-corrected chi connectivity index (χ2v) is 5.09. The van der Waals surface area contributed by atoms with Gasteiger partial charge < -0.3 is 5.73 Å². The van der Waals surface area contributed by atoms with Gasteiger partial charge in [0.05, 0.1) is 5.69 Å². The Morgan fingerprint density at radius 3 is 2.56 bits per heavy atom. The van der Waals surface area contributed by atoms with Crippen molar-refractivity contribution < 1.29 is 4.39 Å². The Hall–Kier alpha value is -0.960. The summed E-state index contributed by atoms with van der Waals surface area (Å²) in [5, 5.41) is 0. The Balaban J connectivity index is 2.35. The molecule has 16 heavy (non-hydrogen) atoms. The lowest BCUT2D eigenvalue weighted by atomic mass is 9.66. The third kappa shape index (κ3) is 1.73. The Labute approximate surface area is 96.1 Å². The molecule has 0 amide bonds. The van der Waals surface area contributed by atoms with Crippen molar-refractivity contribution in [3.05, 3.63) is 29.3 Å². The summed E-state index contributed by atoms with van der Waals surface area (Å²) in [6.07, 6.45) is 4.85. The summed E-state index contributed by atoms with van der Waals surface area (Å²) in [7, 11) is 0. The first-order chi connectivity index (χ1) is 7.59. The summed E-state index contributed by atoms with van der Waals surface area (Å²) >= 11 is 0. The quantitative estimate of drug-likeness (QED) is 0.854. The highest BCUT2D eigenvalue weighted by molar-refractivity contribution is 5.27. The number of rotatable bonds is 3. The molecular weight excluding hydrogens is 203 g/mol. The second kappa shape index (κ2) is 4.13. The van der Waals surface area contributed by atoms with Gasteiger partial charge in [-0.05, 0) is 30.4 Å². The van der Waals surface area contributed by atoms with E-state index in [0.717, 1.165) is 24.8 Å². The molecule has 0 aliphatic heterocycles. The molecule has 1 heterocycles. The van der Waals surface area contributed by atoms with E-state index in [4.69, 9.17) is 5.73 Å². The van der Waals surface area contributed by atoms with Crippen LogP contribution in [0, 0.1) is 5.82 Å². The fourth-order valence-corrected chi connectivity index (χ4v) is 2.30. The summed E-state index contributed by atoms with van der Waals surface area (Å²) in [5.74, 6) is 0.127. The lowest BCUT2D eigenvalue weighted by Gasteiger charge is -2.40. The van der Waals surface area contributed by atoms with Gasteiger partial charge in [-0.25, -0.2) is 4.39 Å². The molecule has 3 heteroatoms. The van der Waals surface area contributed by atoms with Crippen LogP contribution in [0.1, 0.15) is 50.3 Å². The Morgan fingerprint density at radius 1 is 1.50 bits per heavy atom. The lowest BCUT2D eigenvalue weighted by Crippen LogP contribution is -2.43. The largest absolute Gasteiger partial charge is 0.330 e. The van der Waals surface area contributed by atoms with Crippen molar-refractivity contribution >= 4 is 0 Å². The van der Waals surface area contributed by atoms with Crippen LogP contribution in [0.25, 0.3) is 0 Å². The van der Waals surface area contributed by atoms with Crippen LogP contribution in [0.2, 0.25) is 0 Å². The van der Waals surface area contributed by atoms with Gasteiger partial charge in [-0.2, -0.15) is 0 Å². The summed E-state index contributed by atoms with van der Waals surface area (Å²) in [6, 6.07) is 1.61. The van der Waals surface area contributed by atoms with Crippen molar-refractivity contribution in [2.24, 2.45) is 5.73 Å². The van der Waals surface area contributed by atoms with Gasteiger partial charge in [0.25, 0.3) is 0 Å². The van der Waals surface area contributed by atoms with Crippen molar-refractivity contribution in [1.29, 1.82) is 0 Å². The van der Waals surface area contributed by atoms with E-state index in [-0.39, 0.29) is 11.2 Å². The van der Waals surface area contributed by atoms with E-state index in [9.17, 15) is 4.39 Å². The Bertz CT molecular complexity index is 378. The Kier molecular flexibility index (Phi) is 2.98. The van der Waals surface area contributed by atoms with Crippen molar-refractivity contribution in [1.82, 2.24) is 4.98 Å². The third-order valence-corrected chi connectivity index (χ3v) is 3.73. The molecule has 1 aliphatic rings. The molecule has 1 aliphatic carbocycles. The van der Waals surface area contributed by atoms with E-state index >= 15 is 0 Å². The van der Waals surface area contributed by atoms with Crippen molar-refractivity contribution in [2.45, 2.75) is 44.4 Å². The van der Waals surface area contributed by atoms with E-state index < -0.39 is 0 Å². The fraction of sp³-hybridized carbons (Fsp3) is 0.615. The molecule has 0 spiro atoms. The topological polar surface area (TPSA) is 38.9 Å². The molecule has 0 atom stereocenters. The first-order valence-electron chi connectivity index (χ1n) is 5.95. The van der Waals surface area contributed by atoms with Crippen LogP contribution in [-0.2, 0) is 5.41 Å². The molecule has 2 rings (SSSR count). The van der Waals surface area contributed by atoms with Crippen molar-refractivity contribution in [3.63, 3.8) is 0 Å². The van der Waals surface area contributed by atoms with E-state index in [1.165, 1.54) is 0 Å². The number of nitrogens with zero attached hydrogens (tertiary/aromatic N) is 1. The summed E-state index contributed by atoms with van der Waals surface area (Å²) < 4.78 is 14.0. The van der Waals surface area contributed by atoms with Gasteiger partial charge in [0, 0.05) is 18.2 Å². The molecule has 2 N–H and O–H groups in total. The molecule has 1 saturated carbocycles. The summed E-state index contributed by atoms with van der Waals surface area (Å²) in [4.78, 5) is 4.31. The predicted octanol–water partition coefficient (Wildman–Crippen LogP) is 2.72. The number of halogens is 1. The molecule has 88 valence electrons. The SMILES string of the molecule is CC(C)c1cnc(C2(CN)CCC2)c(F)c1. The molecule has 0 aromatic carbocycles. The second-order valence-electron chi connectivity index (χ2n) is 5.09. The van der Waals surface area contributed by atoms with Crippen LogP contribution >= 0.6 is 0 Å². The zero-order chi connectivity index (χ0) is 11.8. The molecule has 1 aromatic heterocycles. The van der Waals surface area contributed by atoms with Crippen LogP contribution in [0.4, 0.5) is 4.39 Å². The highest BCUT2D eigenvalue weighted by atomic mass is 19.1. The summed E-state index contributed by atoms with van der Waals surface area (Å²) in [5.41, 5.74) is 7.11. The van der Waals surface area contributed by atoms with E-state index in [1.807, 2.05) is 13.8 Å². The van der Waals surface area contributed by atoms with Crippen LogP contribution in [0.3, 0.4) is 0 Å². The van der Waals surface area contributed by atoms with Gasteiger partial charge in [-0.1, -0.05) is 20.3 Å². The molecule has 0 bridgehead atoms. The minimum Gasteiger partial charge on any atom is -0.330 e. The van der Waals surface area contributed by atoms with Crippen LogP contribution in [0.15, 0.2) is 12.3 Å². The zero-order valence-corrected chi connectivity index (χ0v) is 9.96. The highest BCUT2D eigenvalue weighted by Crippen LogP contribution is 2.43. The lowest BCUT2D eigenvalue weighted by molar-refractivity contribution is 0.236. The molecule has 0 unspecified atom stereocenters. The van der Waals surface area contributed by atoms with E-state index in [1.54, 1.807) is 12.3 Å². The van der Waals surface area contributed by atoms with Gasteiger partial charge in [0.2, 0.25) is 0 Å². The standard InChI is InChI=1S/C13H19FN2/c1-9(2)10-6-11(14)12(16-7-10)13(8-15)4-3-5-13/h6-7,9H,3-5,8,15H2,1-2H3. The average molecular weight is 222 g/mol. The molecule has 2 nitrogen and oxygen atoms in total. The van der Waals surface area contributed by atoms with Crippen molar-refractivity contribution in [2.75, 3.05) is 6.54 Å². The summed E-state index contributed by atoms with van der Waals surface area (Å²) in [6.45, 7) is 4.58. The maximum absolute atomic E-state index is 14.0. The van der Waals surface area contributed by atoms with Gasteiger partial charge in [0.15, 0.2) is 0 Å². The van der Waals surface area contributed by atoms with Gasteiger partial charge >= 0.3 is 0 Å². The fourth-order valence-electron chi connectivity index (χ4n) is 2.30. The average Bonchev–Trinajstić information content (AvgIpc) is 2.19.